The summed E-state index contributed by atoms with van der Waals surface area (Å²) in [6, 6.07) is 9.45. The number of aryl methyl sites for hydroxylation is 4. The second-order valence-electron chi connectivity index (χ2n) is 6.48. The molecular formula is C19H22N4O2S. The molecule has 0 atom stereocenters. The summed E-state index contributed by atoms with van der Waals surface area (Å²) in [5.41, 5.74) is 4.45. The van der Waals surface area contributed by atoms with E-state index in [2.05, 4.69) is 15.2 Å². The molecule has 1 aromatic carbocycles. The summed E-state index contributed by atoms with van der Waals surface area (Å²) in [6.45, 7) is 7.53. The Labute approximate surface area is 154 Å². The molecule has 3 rings (SSSR count). The molecule has 136 valence electrons. The molecule has 0 unspecified atom stereocenters. The van der Waals surface area contributed by atoms with Crippen LogP contribution in [0.25, 0.3) is 0 Å². The van der Waals surface area contributed by atoms with Crippen molar-refractivity contribution in [2.24, 2.45) is 0 Å². The summed E-state index contributed by atoms with van der Waals surface area (Å²) in [5, 5.41) is 6.83. The number of rotatable bonds is 5. The molecule has 0 radical (unpaired) electrons. The molecule has 7 heteroatoms. The fourth-order valence-corrected chi connectivity index (χ4v) is 4.87. The number of nitrogens with zero attached hydrogens (tertiary/aromatic N) is 3. The van der Waals surface area contributed by atoms with Crippen LogP contribution in [0, 0.1) is 27.7 Å². The molecule has 0 spiro atoms. The van der Waals surface area contributed by atoms with Gasteiger partial charge in [-0.3, -0.25) is 14.4 Å². The van der Waals surface area contributed by atoms with Gasteiger partial charge in [0.15, 0.2) is 0 Å². The Bertz CT molecular complexity index is 987. The van der Waals surface area contributed by atoms with E-state index < -0.39 is 10.0 Å². The number of pyridine rings is 1. The highest BCUT2D eigenvalue weighted by molar-refractivity contribution is 7.92. The molecule has 6 nitrogen and oxygen atoms in total. The molecule has 26 heavy (non-hydrogen) atoms. The van der Waals surface area contributed by atoms with Crippen molar-refractivity contribution in [3.63, 3.8) is 0 Å². The molecule has 3 aromatic rings. The van der Waals surface area contributed by atoms with Gasteiger partial charge in [0, 0.05) is 12.4 Å². The Hall–Kier alpha value is -2.67. The third kappa shape index (κ3) is 3.48. The number of nitrogens with one attached hydrogen (secondary N) is 1. The zero-order chi connectivity index (χ0) is 18.9. The van der Waals surface area contributed by atoms with Gasteiger partial charge < -0.3 is 0 Å². The average molecular weight is 370 g/mol. The first-order chi connectivity index (χ1) is 12.3. The molecule has 0 saturated heterocycles. The smallest absolute Gasteiger partial charge is 0.268 e. The standard InChI is InChI=1S/C19H22N4O2S/c1-13-8-14(2)10-18(9-13)23(12-17-6-5-7-20-11-17)26(24,25)19-15(3)21-22-16(19)4/h5-11H,12H2,1-4H3,(H,21,22). The van der Waals surface area contributed by atoms with Crippen LogP contribution in [0.2, 0.25) is 0 Å². The summed E-state index contributed by atoms with van der Waals surface area (Å²) in [6.07, 6.45) is 3.35. The Morgan fingerprint density at radius 3 is 2.31 bits per heavy atom. The van der Waals surface area contributed by atoms with Crippen LogP contribution in [-0.4, -0.2) is 23.6 Å². The van der Waals surface area contributed by atoms with E-state index in [4.69, 9.17) is 0 Å². The van der Waals surface area contributed by atoms with Crippen LogP contribution in [0.15, 0.2) is 47.6 Å². The van der Waals surface area contributed by atoms with Crippen LogP contribution in [-0.2, 0) is 16.6 Å². The summed E-state index contributed by atoms with van der Waals surface area (Å²) in [5.74, 6) is 0. The zero-order valence-corrected chi connectivity index (χ0v) is 16.1. The minimum absolute atomic E-state index is 0.198. The molecule has 2 heterocycles. The highest BCUT2D eigenvalue weighted by Crippen LogP contribution is 2.30. The molecular weight excluding hydrogens is 348 g/mol. The molecule has 0 aliphatic heterocycles. The third-order valence-electron chi connectivity index (χ3n) is 4.15. The minimum Gasteiger partial charge on any atom is -0.281 e. The number of aromatic nitrogens is 3. The van der Waals surface area contributed by atoms with Gasteiger partial charge in [-0.2, -0.15) is 5.10 Å². The average Bonchev–Trinajstić information content (AvgIpc) is 2.92. The number of hydrogen-bond acceptors (Lipinski definition) is 4. The van der Waals surface area contributed by atoms with Crippen LogP contribution in [0.1, 0.15) is 28.1 Å². The number of H-pyrrole nitrogens is 1. The van der Waals surface area contributed by atoms with Gasteiger partial charge in [-0.15, -0.1) is 0 Å². The Kier molecular flexibility index (Phi) is 4.82. The summed E-state index contributed by atoms with van der Waals surface area (Å²) < 4.78 is 28.4. The van der Waals surface area contributed by atoms with E-state index >= 15 is 0 Å². The van der Waals surface area contributed by atoms with Gasteiger partial charge in [0.2, 0.25) is 0 Å². The lowest BCUT2D eigenvalue weighted by Crippen LogP contribution is -2.31. The first kappa shape index (κ1) is 18.1. The van der Waals surface area contributed by atoms with Crippen molar-refractivity contribution in [3.05, 3.63) is 70.8 Å². The molecule has 0 bridgehead atoms. The lowest BCUT2D eigenvalue weighted by atomic mass is 10.1. The van der Waals surface area contributed by atoms with E-state index in [0.29, 0.717) is 17.1 Å². The van der Waals surface area contributed by atoms with Gasteiger partial charge >= 0.3 is 0 Å². The quantitative estimate of drug-likeness (QED) is 0.746. The third-order valence-corrected chi connectivity index (χ3v) is 6.19. The topological polar surface area (TPSA) is 79.0 Å². The molecule has 0 saturated carbocycles. The second kappa shape index (κ2) is 6.92. The SMILES string of the molecule is Cc1cc(C)cc(N(Cc2cccnc2)S(=O)(=O)c2c(C)n[nH]c2C)c1. The number of sulfonamides is 1. The van der Waals surface area contributed by atoms with Crippen molar-refractivity contribution in [3.8, 4) is 0 Å². The van der Waals surface area contributed by atoms with Crippen molar-refractivity contribution >= 4 is 15.7 Å². The normalized spacial score (nSPS) is 11.5. The number of anilines is 1. The molecule has 1 N–H and O–H groups in total. The van der Waals surface area contributed by atoms with Crippen LogP contribution in [0.5, 0.6) is 0 Å². The fraction of sp³-hybridized carbons (Fsp3) is 0.263. The number of hydrogen-bond donors (Lipinski definition) is 1. The Morgan fingerprint density at radius 2 is 1.77 bits per heavy atom. The highest BCUT2D eigenvalue weighted by atomic mass is 32.2. The molecule has 0 amide bonds. The van der Waals surface area contributed by atoms with Gasteiger partial charge in [-0.1, -0.05) is 12.1 Å². The molecule has 2 aromatic heterocycles. The maximum atomic E-state index is 13.5. The van der Waals surface area contributed by atoms with E-state index in [-0.39, 0.29) is 11.4 Å². The molecule has 0 aliphatic rings. The summed E-state index contributed by atoms with van der Waals surface area (Å²) in [4.78, 5) is 4.33. The largest absolute Gasteiger partial charge is 0.281 e. The number of benzene rings is 1. The minimum atomic E-state index is -3.79. The van der Waals surface area contributed by atoms with E-state index in [1.807, 2.05) is 38.1 Å². The van der Waals surface area contributed by atoms with Crippen LogP contribution in [0.3, 0.4) is 0 Å². The van der Waals surface area contributed by atoms with Crippen molar-refractivity contribution in [2.45, 2.75) is 39.1 Å². The molecule has 0 aliphatic carbocycles. The van der Waals surface area contributed by atoms with E-state index in [1.54, 1.807) is 32.3 Å². The van der Waals surface area contributed by atoms with Crippen molar-refractivity contribution in [1.82, 2.24) is 15.2 Å². The van der Waals surface area contributed by atoms with E-state index in [9.17, 15) is 8.42 Å². The van der Waals surface area contributed by atoms with Gasteiger partial charge in [0.25, 0.3) is 10.0 Å². The second-order valence-corrected chi connectivity index (χ2v) is 8.28. The van der Waals surface area contributed by atoms with Crippen molar-refractivity contribution < 1.29 is 8.42 Å². The van der Waals surface area contributed by atoms with Crippen molar-refractivity contribution in [2.75, 3.05) is 4.31 Å². The van der Waals surface area contributed by atoms with Crippen LogP contribution in [0.4, 0.5) is 5.69 Å². The molecule has 0 fully saturated rings. The van der Waals surface area contributed by atoms with Gasteiger partial charge in [-0.25, -0.2) is 8.42 Å². The lowest BCUT2D eigenvalue weighted by Gasteiger charge is -2.25. The van der Waals surface area contributed by atoms with Crippen LogP contribution < -0.4 is 4.31 Å². The Balaban J connectivity index is 2.17. The summed E-state index contributed by atoms with van der Waals surface area (Å²) >= 11 is 0. The first-order valence-electron chi connectivity index (χ1n) is 8.30. The predicted molar refractivity (Wildman–Crippen MR) is 102 cm³/mol. The van der Waals surface area contributed by atoms with Crippen molar-refractivity contribution in [1.29, 1.82) is 0 Å². The maximum Gasteiger partial charge on any atom is 0.268 e. The van der Waals surface area contributed by atoms with E-state index in [0.717, 1.165) is 16.7 Å². The highest BCUT2D eigenvalue weighted by Gasteiger charge is 2.30. The lowest BCUT2D eigenvalue weighted by molar-refractivity contribution is 0.589. The van der Waals surface area contributed by atoms with Gasteiger partial charge in [-0.05, 0) is 62.6 Å². The monoisotopic (exact) mass is 370 g/mol. The fourth-order valence-electron chi connectivity index (χ4n) is 3.10. The summed E-state index contributed by atoms with van der Waals surface area (Å²) in [7, 11) is -3.79. The predicted octanol–water partition coefficient (Wildman–Crippen LogP) is 3.43. The van der Waals surface area contributed by atoms with Gasteiger partial charge in [0.1, 0.15) is 4.90 Å². The van der Waals surface area contributed by atoms with Gasteiger partial charge in [0.05, 0.1) is 23.6 Å². The van der Waals surface area contributed by atoms with E-state index in [1.165, 1.54) is 4.31 Å². The van der Waals surface area contributed by atoms with Crippen LogP contribution >= 0.6 is 0 Å². The number of aromatic amines is 1. The first-order valence-corrected chi connectivity index (χ1v) is 9.74. The Morgan fingerprint density at radius 1 is 1.08 bits per heavy atom. The maximum absolute atomic E-state index is 13.5. The zero-order valence-electron chi connectivity index (χ0n) is 15.3.